The number of hydrogen-bond donors (Lipinski definition) is 0. The number of hydrogen-bond acceptors (Lipinski definition) is 5. The van der Waals surface area contributed by atoms with Crippen LogP contribution < -0.4 is 9.47 Å². The molecule has 1 atom stereocenters. The summed E-state index contributed by atoms with van der Waals surface area (Å²) in [5, 5.41) is 0. The molecule has 144 valence electrons. The quantitative estimate of drug-likeness (QED) is 0.823. The Morgan fingerprint density at radius 3 is 2.58 bits per heavy atom. The van der Waals surface area contributed by atoms with E-state index in [2.05, 4.69) is 19.0 Å². The lowest BCUT2D eigenvalue weighted by molar-refractivity contribution is -0.125. The maximum absolute atomic E-state index is 13.0. The number of piperidine rings is 1. The SMILES string of the molecule is COc1ccc(C(=O)N2CCC3(CC2)CC(N(C)C)CCO3)c(OC)c1. The van der Waals surface area contributed by atoms with Crippen LogP contribution >= 0.6 is 0 Å². The second-order valence-corrected chi connectivity index (χ2v) is 7.50. The van der Waals surface area contributed by atoms with Crippen molar-refractivity contribution in [3.63, 3.8) is 0 Å². The van der Waals surface area contributed by atoms with Gasteiger partial charge in [-0.05, 0) is 51.9 Å². The lowest BCUT2D eigenvalue weighted by Gasteiger charge is -2.47. The van der Waals surface area contributed by atoms with Crippen LogP contribution in [-0.2, 0) is 4.74 Å². The van der Waals surface area contributed by atoms with Gasteiger partial charge in [0.15, 0.2) is 0 Å². The smallest absolute Gasteiger partial charge is 0.257 e. The summed E-state index contributed by atoms with van der Waals surface area (Å²) >= 11 is 0. The first-order valence-electron chi connectivity index (χ1n) is 9.30. The minimum Gasteiger partial charge on any atom is -0.497 e. The highest BCUT2D eigenvalue weighted by molar-refractivity contribution is 5.97. The fraction of sp³-hybridized carbons (Fsp3) is 0.650. The summed E-state index contributed by atoms with van der Waals surface area (Å²) in [6.07, 6.45) is 3.91. The van der Waals surface area contributed by atoms with Crippen LogP contribution in [-0.4, -0.2) is 75.4 Å². The van der Waals surface area contributed by atoms with Crippen molar-refractivity contribution in [3.8, 4) is 11.5 Å². The first-order chi connectivity index (χ1) is 12.5. The maximum Gasteiger partial charge on any atom is 0.257 e. The van der Waals surface area contributed by atoms with Crippen LogP contribution in [0.4, 0.5) is 0 Å². The number of likely N-dealkylation sites (tertiary alicyclic amines) is 1. The molecule has 2 aliphatic heterocycles. The number of amides is 1. The van der Waals surface area contributed by atoms with Gasteiger partial charge in [0, 0.05) is 31.8 Å². The Kier molecular flexibility index (Phi) is 5.73. The summed E-state index contributed by atoms with van der Waals surface area (Å²) in [6, 6.07) is 5.90. The molecule has 2 heterocycles. The number of nitrogens with zero attached hydrogens (tertiary/aromatic N) is 2. The third kappa shape index (κ3) is 3.81. The normalized spacial score (nSPS) is 22.5. The third-order valence-corrected chi connectivity index (χ3v) is 5.80. The fourth-order valence-electron chi connectivity index (χ4n) is 4.05. The highest BCUT2D eigenvalue weighted by Crippen LogP contribution is 2.37. The van der Waals surface area contributed by atoms with E-state index >= 15 is 0 Å². The second kappa shape index (κ2) is 7.84. The maximum atomic E-state index is 13.0. The van der Waals surface area contributed by atoms with E-state index < -0.39 is 0 Å². The summed E-state index contributed by atoms with van der Waals surface area (Å²) in [6.45, 7) is 2.24. The molecule has 1 amide bonds. The van der Waals surface area contributed by atoms with Crippen molar-refractivity contribution in [2.45, 2.75) is 37.3 Å². The first-order valence-corrected chi connectivity index (χ1v) is 9.30. The van der Waals surface area contributed by atoms with Crippen molar-refractivity contribution in [1.82, 2.24) is 9.80 Å². The van der Waals surface area contributed by atoms with Crippen LogP contribution in [0.2, 0.25) is 0 Å². The topological polar surface area (TPSA) is 51.2 Å². The van der Waals surface area contributed by atoms with Gasteiger partial charge in [-0.2, -0.15) is 0 Å². The van der Waals surface area contributed by atoms with Crippen LogP contribution in [0, 0.1) is 0 Å². The molecule has 3 rings (SSSR count). The molecule has 26 heavy (non-hydrogen) atoms. The van der Waals surface area contributed by atoms with E-state index in [0.717, 1.165) is 32.3 Å². The van der Waals surface area contributed by atoms with Crippen LogP contribution in [0.3, 0.4) is 0 Å². The van der Waals surface area contributed by atoms with Crippen LogP contribution in [0.1, 0.15) is 36.0 Å². The number of benzene rings is 1. The Bertz CT molecular complexity index is 639. The lowest BCUT2D eigenvalue weighted by Crippen LogP contribution is -2.53. The highest BCUT2D eigenvalue weighted by atomic mass is 16.5. The minimum absolute atomic E-state index is 0.0133. The van der Waals surface area contributed by atoms with Crippen LogP contribution in [0.5, 0.6) is 11.5 Å². The molecular formula is C20H30N2O4. The number of carbonyl (C=O) groups is 1. The second-order valence-electron chi connectivity index (χ2n) is 7.50. The molecular weight excluding hydrogens is 332 g/mol. The van der Waals surface area contributed by atoms with Crippen molar-refractivity contribution in [1.29, 1.82) is 0 Å². The molecule has 1 aromatic rings. The van der Waals surface area contributed by atoms with E-state index in [1.165, 1.54) is 0 Å². The van der Waals surface area contributed by atoms with Gasteiger partial charge in [-0.15, -0.1) is 0 Å². The molecule has 1 spiro atoms. The summed E-state index contributed by atoms with van der Waals surface area (Å²) < 4.78 is 16.8. The van der Waals surface area contributed by atoms with E-state index in [1.807, 2.05) is 4.90 Å². The third-order valence-electron chi connectivity index (χ3n) is 5.80. The zero-order valence-corrected chi connectivity index (χ0v) is 16.3. The highest BCUT2D eigenvalue weighted by Gasteiger charge is 2.41. The van der Waals surface area contributed by atoms with E-state index in [4.69, 9.17) is 14.2 Å². The van der Waals surface area contributed by atoms with Crippen LogP contribution in [0.15, 0.2) is 18.2 Å². The van der Waals surface area contributed by atoms with Gasteiger partial charge in [-0.1, -0.05) is 0 Å². The first kappa shape index (κ1) is 19.0. The Morgan fingerprint density at radius 1 is 1.23 bits per heavy atom. The number of rotatable bonds is 4. The summed E-state index contributed by atoms with van der Waals surface area (Å²) in [4.78, 5) is 17.2. The largest absolute Gasteiger partial charge is 0.497 e. The molecule has 1 aromatic carbocycles. The van der Waals surface area contributed by atoms with Gasteiger partial charge >= 0.3 is 0 Å². The number of ether oxygens (including phenoxy) is 3. The van der Waals surface area contributed by atoms with Crippen molar-refractivity contribution in [2.75, 3.05) is 48.0 Å². The van der Waals surface area contributed by atoms with Gasteiger partial charge in [0.1, 0.15) is 11.5 Å². The van der Waals surface area contributed by atoms with Crippen LogP contribution in [0.25, 0.3) is 0 Å². The minimum atomic E-state index is -0.0754. The van der Waals surface area contributed by atoms with Crippen molar-refractivity contribution >= 4 is 5.91 Å². The average Bonchev–Trinajstić information content (AvgIpc) is 2.67. The Labute approximate surface area is 156 Å². The van der Waals surface area contributed by atoms with E-state index in [1.54, 1.807) is 32.4 Å². The van der Waals surface area contributed by atoms with E-state index in [0.29, 0.717) is 36.2 Å². The number of methoxy groups -OCH3 is 2. The molecule has 0 radical (unpaired) electrons. The molecule has 6 heteroatoms. The zero-order chi connectivity index (χ0) is 18.7. The molecule has 2 fully saturated rings. The monoisotopic (exact) mass is 362 g/mol. The molecule has 0 N–H and O–H groups in total. The van der Waals surface area contributed by atoms with E-state index in [-0.39, 0.29) is 11.5 Å². The molecule has 2 aliphatic rings. The van der Waals surface area contributed by atoms with Gasteiger partial charge in [-0.3, -0.25) is 4.79 Å². The van der Waals surface area contributed by atoms with Gasteiger partial charge < -0.3 is 24.0 Å². The van der Waals surface area contributed by atoms with Crippen molar-refractivity contribution in [3.05, 3.63) is 23.8 Å². The van der Waals surface area contributed by atoms with Gasteiger partial charge in [0.2, 0.25) is 0 Å². The summed E-state index contributed by atoms with van der Waals surface area (Å²) in [5.41, 5.74) is 0.508. The van der Waals surface area contributed by atoms with Gasteiger partial charge in [0.05, 0.1) is 25.4 Å². The molecule has 6 nitrogen and oxygen atoms in total. The van der Waals surface area contributed by atoms with Gasteiger partial charge in [0.25, 0.3) is 5.91 Å². The Morgan fingerprint density at radius 2 is 1.96 bits per heavy atom. The lowest BCUT2D eigenvalue weighted by atomic mass is 9.82. The molecule has 0 bridgehead atoms. The molecule has 0 aliphatic carbocycles. The predicted octanol–water partition coefficient (Wildman–Crippen LogP) is 2.42. The molecule has 1 unspecified atom stereocenters. The van der Waals surface area contributed by atoms with Gasteiger partial charge in [-0.25, -0.2) is 0 Å². The summed E-state index contributed by atoms with van der Waals surface area (Å²) in [5.74, 6) is 1.25. The van der Waals surface area contributed by atoms with Crippen molar-refractivity contribution < 1.29 is 19.0 Å². The standard InChI is InChI=1S/C20H30N2O4/c1-21(2)15-7-12-26-20(14-15)8-10-22(11-9-20)19(23)17-6-5-16(24-3)13-18(17)25-4/h5-6,13,15H,7-12,14H2,1-4H3. The Hall–Kier alpha value is -1.79. The van der Waals surface area contributed by atoms with E-state index in [9.17, 15) is 4.79 Å². The Balaban J connectivity index is 1.67. The summed E-state index contributed by atoms with van der Waals surface area (Å²) in [7, 11) is 7.45. The molecule has 0 aromatic heterocycles. The molecule has 0 saturated carbocycles. The zero-order valence-electron chi connectivity index (χ0n) is 16.3. The predicted molar refractivity (Wildman–Crippen MR) is 100 cm³/mol. The number of carbonyl (C=O) groups excluding carboxylic acids is 1. The van der Waals surface area contributed by atoms with Crippen molar-refractivity contribution in [2.24, 2.45) is 0 Å². The molecule has 2 saturated heterocycles. The average molecular weight is 362 g/mol. The fourth-order valence-corrected chi connectivity index (χ4v) is 4.05.